The number of pyridine rings is 1. The second-order valence-corrected chi connectivity index (χ2v) is 5.84. The van der Waals surface area contributed by atoms with Crippen molar-refractivity contribution < 1.29 is 4.79 Å². The molecule has 0 saturated heterocycles. The molecule has 2 aliphatic rings. The van der Waals surface area contributed by atoms with Gasteiger partial charge in [-0.1, -0.05) is 6.42 Å². The molecule has 0 aliphatic heterocycles. The van der Waals surface area contributed by atoms with Gasteiger partial charge in [-0.25, -0.2) is 0 Å². The molecule has 3 nitrogen and oxygen atoms in total. The number of nitrogens with one attached hydrogen (secondary N) is 1. The second kappa shape index (κ2) is 4.71. The van der Waals surface area contributed by atoms with Gasteiger partial charge in [0.05, 0.1) is 0 Å². The van der Waals surface area contributed by atoms with E-state index in [1.54, 1.807) is 24.5 Å². The van der Waals surface area contributed by atoms with Crippen LogP contribution in [0, 0.1) is 17.8 Å². The summed E-state index contributed by atoms with van der Waals surface area (Å²) in [6.45, 7) is 2.16. The van der Waals surface area contributed by atoms with Gasteiger partial charge in [0, 0.05) is 24.0 Å². The molecule has 1 amide bonds. The van der Waals surface area contributed by atoms with Crippen molar-refractivity contribution in [1.82, 2.24) is 10.3 Å². The fourth-order valence-corrected chi connectivity index (χ4v) is 3.81. The van der Waals surface area contributed by atoms with Crippen LogP contribution in [0.3, 0.4) is 0 Å². The molecule has 4 atom stereocenters. The Labute approximate surface area is 108 Å². The first kappa shape index (κ1) is 11.7. The fraction of sp³-hybridized carbons (Fsp3) is 0.600. The van der Waals surface area contributed by atoms with Crippen LogP contribution in [-0.2, 0) is 0 Å². The van der Waals surface area contributed by atoms with Gasteiger partial charge in [0.15, 0.2) is 0 Å². The Hall–Kier alpha value is -1.38. The topological polar surface area (TPSA) is 42.0 Å². The van der Waals surface area contributed by atoms with Crippen molar-refractivity contribution in [1.29, 1.82) is 0 Å². The van der Waals surface area contributed by atoms with Gasteiger partial charge in [-0.3, -0.25) is 9.78 Å². The predicted octanol–water partition coefficient (Wildman–Crippen LogP) is 2.64. The SMILES string of the molecule is C[C@H](NC(=O)c1ccncc1)[C@H]1C[C@@H]2CC[C@@H]1C2. The number of nitrogens with zero attached hydrogens (tertiary/aromatic N) is 1. The van der Waals surface area contributed by atoms with Gasteiger partial charge in [0.25, 0.3) is 5.91 Å². The van der Waals surface area contributed by atoms with Crippen molar-refractivity contribution in [2.45, 2.75) is 38.6 Å². The summed E-state index contributed by atoms with van der Waals surface area (Å²) in [5.41, 5.74) is 0.708. The fourth-order valence-electron chi connectivity index (χ4n) is 3.81. The van der Waals surface area contributed by atoms with Crippen LogP contribution < -0.4 is 5.32 Å². The van der Waals surface area contributed by atoms with E-state index in [0.29, 0.717) is 17.5 Å². The zero-order valence-electron chi connectivity index (χ0n) is 10.8. The van der Waals surface area contributed by atoms with Crippen molar-refractivity contribution in [3.8, 4) is 0 Å². The summed E-state index contributed by atoms with van der Waals surface area (Å²) in [7, 11) is 0. The first-order valence-electron chi connectivity index (χ1n) is 6.95. The highest BCUT2D eigenvalue weighted by atomic mass is 16.1. The van der Waals surface area contributed by atoms with E-state index >= 15 is 0 Å². The molecule has 1 aromatic heterocycles. The van der Waals surface area contributed by atoms with Gasteiger partial charge in [0.2, 0.25) is 0 Å². The molecule has 1 N–H and O–H groups in total. The van der Waals surface area contributed by atoms with Gasteiger partial charge in [-0.2, -0.15) is 0 Å². The first-order valence-corrected chi connectivity index (χ1v) is 6.95. The molecule has 1 aromatic rings. The van der Waals surface area contributed by atoms with Gasteiger partial charge in [0.1, 0.15) is 0 Å². The maximum absolute atomic E-state index is 12.1. The lowest BCUT2D eigenvalue weighted by Crippen LogP contribution is -2.40. The molecule has 1 heterocycles. The average molecular weight is 244 g/mol. The van der Waals surface area contributed by atoms with E-state index in [9.17, 15) is 4.79 Å². The normalized spacial score (nSPS) is 31.3. The molecule has 3 rings (SSSR count). The maximum atomic E-state index is 12.1. The largest absolute Gasteiger partial charge is 0.349 e. The molecular formula is C15H20N2O. The Morgan fingerprint density at radius 1 is 1.33 bits per heavy atom. The van der Waals surface area contributed by atoms with E-state index in [2.05, 4.69) is 17.2 Å². The summed E-state index contributed by atoms with van der Waals surface area (Å²) in [5.74, 6) is 2.50. The molecule has 0 aromatic carbocycles. The van der Waals surface area contributed by atoms with Crippen LogP contribution in [0.4, 0.5) is 0 Å². The Balaban J connectivity index is 1.61. The van der Waals surface area contributed by atoms with Crippen LogP contribution in [-0.4, -0.2) is 16.9 Å². The highest BCUT2D eigenvalue weighted by Gasteiger charge is 2.42. The standard InChI is InChI=1S/C15H20N2O/c1-10(14-9-11-2-3-13(14)8-11)17-15(18)12-4-6-16-7-5-12/h4-7,10-11,13-14H,2-3,8-9H2,1H3,(H,17,18)/t10-,11+,13+,14+/m0/s1. The van der Waals surface area contributed by atoms with E-state index in [-0.39, 0.29) is 5.91 Å². The predicted molar refractivity (Wildman–Crippen MR) is 70.1 cm³/mol. The van der Waals surface area contributed by atoms with Crippen LogP contribution in [0.15, 0.2) is 24.5 Å². The summed E-state index contributed by atoms with van der Waals surface area (Å²) >= 11 is 0. The molecule has 3 heteroatoms. The molecule has 2 saturated carbocycles. The second-order valence-electron chi connectivity index (χ2n) is 5.84. The zero-order chi connectivity index (χ0) is 12.5. The number of hydrogen-bond acceptors (Lipinski definition) is 2. The number of aromatic nitrogens is 1. The number of carbonyl (C=O) groups excluding carboxylic acids is 1. The first-order chi connectivity index (χ1) is 8.74. The molecule has 18 heavy (non-hydrogen) atoms. The van der Waals surface area contributed by atoms with E-state index in [0.717, 1.165) is 11.8 Å². The van der Waals surface area contributed by atoms with E-state index in [1.165, 1.54) is 25.7 Å². The van der Waals surface area contributed by atoms with Crippen LogP contribution in [0.25, 0.3) is 0 Å². The molecule has 0 spiro atoms. The van der Waals surface area contributed by atoms with Crippen molar-refractivity contribution in [3.05, 3.63) is 30.1 Å². The molecule has 96 valence electrons. The minimum absolute atomic E-state index is 0.0349. The van der Waals surface area contributed by atoms with Crippen LogP contribution in [0.2, 0.25) is 0 Å². The Morgan fingerprint density at radius 3 is 2.72 bits per heavy atom. The Bertz CT molecular complexity index is 431. The quantitative estimate of drug-likeness (QED) is 0.888. The lowest BCUT2D eigenvalue weighted by molar-refractivity contribution is 0.0915. The minimum Gasteiger partial charge on any atom is -0.349 e. The lowest BCUT2D eigenvalue weighted by Gasteiger charge is -2.28. The Morgan fingerprint density at radius 2 is 2.11 bits per heavy atom. The van der Waals surface area contributed by atoms with Gasteiger partial charge in [-0.05, 0) is 56.1 Å². The highest BCUT2D eigenvalue weighted by Crippen LogP contribution is 2.49. The third kappa shape index (κ3) is 2.14. The third-order valence-corrected chi connectivity index (χ3v) is 4.74. The van der Waals surface area contributed by atoms with E-state index in [1.807, 2.05) is 0 Å². The van der Waals surface area contributed by atoms with Crippen LogP contribution in [0.5, 0.6) is 0 Å². The van der Waals surface area contributed by atoms with Crippen molar-refractivity contribution in [2.75, 3.05) is 0 Å². The summed E-state index contributed by atoms with van der Waals surface area (Å²) in [6, 6.07) is 3.83. The molecule has 2 fully saturated rings. The van der Waals surface area contributed by atoms with Gasteiger partial charge < -0.3 is 5.32 Å². The molecule has 2 bridgehead atoms. The van der Waals surface area contributed by atoms with Crippen molar-refractivity contribution >= 4 is 5.91 Å². The average Bonchev–Trinajstić information content (AvgIpc) is 3.02. The third-order valence-electron chi connectivity index (χ3n) is 4.74. The lowest BCUT2D eigenvalue weighted by atomic mass is 9.84. The zero-order valence-corrected chi connectivity index (χ0v) is 10.8. The summed E-state index contributed by atoms with van der Waals surface area (Å²) < 4.78 is 0. The minimum atomic E-state index is 0.0349. The van der Waals surface area contributed by atoms with E-state index in [4.69, 9.17) is 0 Å². The molecule has 2 aliphatic carbocycles. The van der Waals surface area contributed by atoms with Crippen LogP contribution in [0.1, 0.15) is 43.0 Å². The maximum Gasteiger partial charge on any atom is 0.251 e. The summed E-state index contributed by atoms with van der Waals surface area (Å²) in [6.07, 6.45) is 8.80. The number of rotatable bonds is 3. The van der Waals surface area contributed by atoms with Gasteiger partial charge >= 0.3 is 0 Å². The Kier molecular flexibility index (Phi) is 3.06. The monoisotopic (exact) mass is 244 g/mol. The molecule has 0 radical (unpaired) electrons. The van der Waals surface area contributed by atoms with Crippen molar-refractivity contribution in [2.24, 2.45) is 17.8 Å². The molecule has 0 unspecified atom stereocenters. The number of amides is 1. The van der Waals surface area contributed by atoms with E-state index < -0.39 is 0 Å². The number of fused-ring (bicyclic) bond motifs is 2. The smallest absolute Gasteiger partial charge is 0.251 e. The summed E-state index contributed by atoms with van der Waals surface area (Å²) in [5, 5.41) is 3.16. The van der Waals surface area contributed by atoms with Crippen molar-refractivity contribution in [3.63, 3.8) is 0 Å². The van der Waals surface area contributed by atoms with Crippen LogP contribution >= 0.6 is 0 Å². The number of hydrogen-bond donors (Lipinski definition) is 1. The van der Waals surface area contributed by atoms with Gasteiger partial charge in [-0.15, -0.1) is 0 Å². The molecular weight excluding hydrogens is 224 g/mol. The summed E-state index contributed by atoms with van der Waals surface area (Å²) in [4.78, 5) is 16.0. The number of carbonyl (C=O) groups is 1. The highest BCUT2D eigenvalue weighted by molar-refractivity contribution is 5.94.